The van der Waals surface area contributed by atoms with Crippen LogP contribution in [0.2, 0.25) is 0 Å². The van der Waals surface area contributed by atoms with Gasteiger partial charge in [-0.15, -0.1) is 0 Å². The van der Waals surface area contributed by atoms with Gasteiger partial charge in [0.25, 0.3) is 0 Å². The maximum absolute atomic E-state index is 12.4. The van der Waals surface area contributed by atoms with Crippen molar-refractivity contribution in [3.8, 4) is 6.07 Å². The summed E-state index contributed by atoms with van der Waals surface area (Å²) < 4.78 is 37.1. The van der Waals surface area contributed by atoms with Crippen molar-refractivity contribution in [1.82, 2.24) is 0 Å². The summed E-state index contributed by atoms with van der Waals surface area (Å²) in [6.07, 6.45) is -5.13. The lowest BCUT2D eigenvalue weighted by atomic mass is 10.0. The van der Waals surface area contributed by atoms with E-state index in [0.29, 0.717) is 6.07 Å². The van der Waals surface area contributed by atoms with Gasteiger partial charge in [-0.05, 0) is 23.8 Å². The summed E-state index contributed by atoms with van der Waals surface area (Å²) in [6, 6.07) is 4.11. The van der Waals surface area contributed by atoms with Crippen LogP contribution in [0.1, 0.15) is 16.7 Å². The van der Waals surface area contributed by atoms with Gasteiger partial charge in [-0.3, -0.25) is 4.79 Å². The first-order chi connectivity index (χ1) is 7.32. The van der Waals surface area contributed by atoms with E-state index in [9.17, 15) is 18.0 Å². The van der Waals surface area contributed by atoms with Crippen molar-refractivity contribution in [2.24, 2.45) is 0 Å². The lowest BCUT2D eigenvalue weighted by Crippen LogP contribution is -2.08. The van der Waals surface area contributed by atoms with Gasteiger partial charge >= 0.3 is 12.1 Å². The Labute approximate surface area is 88.7 Å². The number of carbonyl (C=O) groups is 1. The second kappa shape index (κ2) is 4.23. The van der Waals surface area contributed by atoms with Gasteiger partial charge in [0.2, 0.25) is 0 Å². The molecule has 0 amide bonds. The number of carboxylic acid groups (broad SMARTS) is 1. The number of benzene rings is 1. The molecule has 16 heavy (non-hydrogen) atoms. The Morgan fingerprint density at radius 3 is 2.44 bits per heavy atom. The van der Waals surface area contributed by atoms with Crippen LogP contribution in [0.5, 0.6) is 0 Å². The predicted octanol–water partition coefficient (Wildman–Crippen LogP) is 2.20. The molecule has 0 atom stereocenters. The lowest BCUT2D eigenvalue weighted by molar-refractivity contribution is -0.138. The Morgan fingerprint density at radius 1 is 1.38 bits per heavy atom. The van der Waals surface area contributed by atoms with Crippen LogP contribution in [0.25, 0.3) is 0 Å². The molecule has 0 saturated carbocycles. The highest BCUT2D eigenvalue weighted by atomic mass is 19.4. The molecule has 0 aromatic heterocycles. The molecule has 0 heterocycles. The molecule has 0 spiro atoms. The third-order valence-electron chi connectivity index (χ3n) is 1.80. The van der Waals surface area contributed by atoms with Crippen LogP contribution >= 0.6 is 0 Å². The lowest BCUT2D eigenvalue weighted by Gasteiger charge is -2.08. The number of alkyl halides is 3. The summed E-state index contributed by atoms with van der Waals surface area (Å²) >= 11 is 0. The molecule has 0 unspecified atom stereocenters. The third-order valence-corrected chi connectivity index (χ3v) is 1.80. The Morgan fingerprint density at radius 2 is 2.00 bits per heavy atom. The van der Waals surface area contributed by atoms with E-state index in [4.69, 9.17) is 10.4 Å². The van der Waals surface area contributed by atoms with Gasteiger partial charge in [0.15, 0.2) is 0 Å². The molecule has 0 bridgehead atoms. The first-order valence-electron chi connectivity index (χ1n) is 4.16. The van der Waals surface area contributed by atoms with Gasteiger partial charge in [-0.1, -0.05) is 0 Å². The van der Waals surface area contributed by atoms with Gasteiger partial charge in [-0.25, -0.2) is 0 Å². The van der Waals surface area contributed by atoms with Crippen molar-refractivity contribution < 1.29 is 23.1 Å². The summed E-state index contributed by atoms with van der Waals surface area (Å²) in [6.45, 7) is 0. The zero-order valence-electron chi connectivity index (χ0n) is 7.88. The zero-order valence-corrected chi connectivity index (χ0v) is 7.88. The number of rotatable bonds is 2. The molecule has 0 aliphatic heterocycles. The van der Waals surface area contributed by atoms with Crippen LogP contribution in [0.4, 0.5) is 13.2 Å². The average molecular weight is 229 g/mol. The highest BCUT2D eigenvalue weighted by Gasteiger charge is 2.31. The standard InChI is InChI=1S/C10H6F3NO2/c11-10(12,13)8-2-6(4-9(15)16)1-7(3-8)5-14/h1-3H,4H2,(H,15,16). The SMILES string of the molecule is N#Cc1cc(CC(=O)O)cc(C(F)(F)F)c1. The van der Waals surface area contributed by atoms with Crippen LogP contribution in [-0.2, 0) is 17.4 Å². The molecule has 1 N–H and O–H groups in total. The zero-order chi connectivity index (χ0) is 12.3. The summed E-state index contributed by atoms with van der Waals surface area (Å²) in [5.74, 6) is -1.25. The fourth-order valence-electron chi connectivity index (χ4n) is 1.20. The van der Waals surface area contributed by atoms with E-state index in [2.05, 4.69) is 0 Å². The second-order valence-corrected chi connectivity index (χ2v) is 3.10. The fourth-order valence-corrected chi connectivity index (χ4v) is 1.20. The molecule has 0 aliphatic rings. The molecule has 6 heteroatoms. The van der Waals surface area contributed by atoms with Gasteiger partial charge < -0.3 is 5.11 Å². The Balaban J connectivity index is 3.22. The van der Waals surface area contributed by atoms with E-state index < -0.39 is 24.1 Å². The van der Waals surface area contributed by atoms with E-state index in [0.717, 1.165) is 12.1 Å². The molecule has 0 aliphatic carbocycles. The molecule has 1 aromatic carbocycles. The summed E-state index contributed by atoms with van der Waals surface area (Å²) in [4.78, 5) is 10.4. The van der Waals surface area contributed by atoms with Gasteiger partial charge in [0.05, 0.1) is 23.6 Å². The van der Waals surface area contributed by atoms with Gasteiger partial charge in [0, 0.05) is 0 Å². The number of carboxylic acids is 1. The molecule has 84 valence electrons. The molecule has 1 aromatic rings. The minimum absolute atomic E-state index is 0.0427. The molecular formula is C10H6F3NO2. The van der Waals surface area contributed by atoms with Crippen LogP contribution in [0.3, 0.4) is 0 Å². The van der Waals surface area contributed by atoms with Gasteiger partial charge in [0.1, 0.15) is 0 Å². The number of hydrogen-bond donors (Lipinski definition) is 1. The third kappa shape index (κ3) is 2.98. The highest BCUT2D eigenvalue weighted by Crippen LogP contribution is 2.30. The predicted molar refractivity (Wildman–Crippen MR) is 47.5 cm³/mol. The van der Waals surface area contributed by atoms with Crippen molar-refractivity contribution in [1.29, 1.82) is 5.26 Å². The maximum atomic E-state index is 12.4. The number of nitrogens with zero attached hydrogens (tertiary/aromatic N) is 1. The van der Waals surface area contributed by atoms with Crippen molar-refractivity contribution >= 4 is 5.97 Å². The normalized spacial score (nSPS) is 10.9. The Kier molecular flexibility index (Phi) is 3.18. The first kappa shape index (κ1) is 12.0. The number of hydrogen-bond acceptors (Lipinski definition) is 2. The Bertz CT molecular complexity index is 460. The van der Waals surface area contributed by atoms with E-state index in [1.54, 1.807) is 6.07 Å². The van der Waals surface area contributed by atoms with Crippen molar-refractivity contribution in [2.75, 3.05) is 0 Å². The quantitative estimate of drug-likeness (QED) is 0.845. The average Bonchev–Trinajstić information content (AvgIpc) is 2.14. The van der Waals surface area contributed by atoms with Gasteiger partial charge in [-0.2, -0.15) is 18.4 Å². The molecule has 1 rings (SSSR count). The molecule has 0 fully saturated rings. The summed E-state index contributed by atoms with van der Waals surface area (Å²) in [5, 5.41) is 17.0. The molecular weight excluding hydrogens is 223 g/mol. The van der Waals surface area contributed by atoms with Crippen molar-refractivity contribution in [3.63, 3.8) is 0 Å². The topological polar surface area (TPSA) is 61.1 Å². The second-order valence-electron chi connectivity index (χ2n) is 3.10. The molecule has 0 saturated heterocycles. The maximum Gasteiger partial charge on any atom is 0.416 e. The minimum Gasteiger partial charge on any atom is -0.481 e. The summed E-state index contributed by atoms with van der Waals surface area (Å²) in [7, 11) is 0. The van der Waals surface area contributed by atoms with Crippen molar-refractivity contribution in [3.05, 3.63) is 34.9 Å². The first-order valence-corrected chi connectivity index (χ1v) is 4.16. The van der Waals surface area contributed by atoms with E-state index >= 15 is 0 Å². The Hall–Kier alpha value is -2.03. The summed E-state index contributed by atoms with van der Waals surface area (Å²) in [5.41, 5.74) is -1.26. The van der Waals surface area contributed by atoms with Crippen molar-refractivity contribution in [2.45, 2.75) is 12.6 Å². The van der Waals surface area contributed by atoms with Crippen LogP contribution in [0, 0.1) is 11.3 Å². The van der Waals surface area contributed by atoms with E-state index in [1.165, 1.54) is 0 Å². The fraction of sp³-hybridized carbons (Fsp3) is 0.200. The van der Waals surface area contributed by atoms with Crippen LogP contribution < -0.4 is 0 Å². The van der Waals surface area contributed by atoms with Crippen LogP contribution in [0.15, 0.2) is 18.2 Å². The smallest absolute Gasteiger partial charge is 0.416 e. The number of halogens is 3. The number of nitriles is 1. The minimum atomic E-state index is -4.58. The molecule has 3 nitrogen and oxygen atoms in total. The van der Waals surface area contributed by atoms with E-state index in [-0.39, 0.29) is 11.1 Å². The van der Waals surface area contributed by atoms with E-state index in [1.807, 2.05) is 0 Å². The number of aliphatic carboxylic acids is 1. The highest BCUT2D eigenvalue weighted by molar-refractivity contribution is 5.70. The van der Waals surface area contributed by atoms with Crippen LogP contribution in [-0.4, -0.2) is 11.1 Å². The monoisotopic (exact) mass is 229 g/mol. The largest absolute Gasteiger partial charge is 0.481 e. The molecule has 0 radical (unpaired) electrons.